The first-order valence-electron chi connectivity index (χ1n) is 10.1. The largest absolute Gasteiger partial charge is 0.493 e. The molecule has 0 amide bonds. The molecule has 3 aromatic carbocycles. The lowest BCUT2D eigenvalue weighted by atomic mass is 10.1. The predicted octanol–water partition coefficient (Wildman–Crippen LogP) is 6.69. The lowest BCUT2D eigenvalue weighted by molar-refractivity contribution is 0.280. The van der Waals surface area contributed by atoms with Gasteiger partial charge in [0.25, 0.3) is 0 Å². The van der Waals surface area contributed by atoms with Crippen molar-refractivity contribution in [3.8, 4) is 11.5 Å². The zero-order valence-corrected chi connectivity index (χ0v) is 18.8. The van der Waals surface area contributed by atoms with Crippen molar-refractivity contribution in [3.63, 3.8) is 0 Å². The molecule has 0 aliphatic rings. The van der Waals surface area contributed by atoms with Crippen LogP contribution in [-0.2, 0) is 19.6 Å². The maximum absolute atomic E-state index is 6.29. The molecule has 3 rings (SSSR count). The van der Waals surface area contributed by atoms with Crippen molar-refractivity contribution in [1.29, 1.82) is 0 Å². The number of rotatable bonds is 10. The van der Waals surface area contributed by atoms with Gasteiger partial charge in [0.15, 0.2) is 11.5 Å². The predicted molar refractivity (Wildman–Crippen MR) is 125 cm³/mol. The van der Waals surface area contributed by atoms with Crippen molar-refractivity contribution >= 4 is 23.2 Å². The Kier molecular flexibility index (Phi) is 8.44. The van der Waals surface area contributed by atoms with Crippen molar-refractivity contribution in [2.75, 3.05) is 7.11 Å². The van der Waals surface area contributed by atoms with E-state index in [1.165, 1.54) is 5.56 Å². The average molecular weight is 444 g/mol. The van der Waals surface area contributed by atoms with Crippen LogP contribution in [0.3, 0.4) is 0 Å². The van der Waals surface area contributed by atoms with E-state index in [2.05, 4.69) is 36.5 Å². The van der Waals surface area contributed by atoms with Gasteiger partial charge in [-0.3, -0.25) is 0 Å². The Morgan fingerprint density at radius 3 is 2.30 bits per heavy atom. The monoisotopic (exact) mass is 443 g/mol. The molecule has 30 heavy (non-hydrogen) atoms. The highest BCUT2D eigenvalue weighted by Crippen LogP contribution is 2.33. The van der Waals surface area contributed by atoms with Crippen LogP contribution in [0.25, 0.3) is 0 Å². The van der Waals surface area contributed by atoms with Crippen LogP contribution in [-0.4, -0.2) is 13.2 Å². The first kappa shape index (κ1) is 22.5. The first-order chi connectivity index (χ1) is 14.6. The molecule has 1 atom stereocenters. The number of aryl methyl sites for hydroxylation is 1. The first-order valence-corrected chi connectivity index (χ1v) is 10.8. The smallest absolute Gasteiger partial charge is 0.166 e. The van der Waals surface area contributed by atoms with E-state index < -0.39 is 0 Å². The van der Waals surface area contributed by atoms with E-state index in [1.54, 1.807) is 7.11 Å². The number of methoxy groups -OCH3 is 1. The third-order valence-corrected chi connectivity index (χ3v) is 5.76. The molecule has 0 radical (unpaired) electrons. The summed E-state index contributed by atoms with van der Waals surface area (Å²) >= 11 is 12.6. The van der Waals surface area contributed by atoms with Crippen LogP contribution in [0.1, 0.15) is 30.0 Å². The van der Waals surface area contributed by atoms with Crippen LogP contribution in [0, 0.1) is 0 Å². The van der Waals surface area contributed by atoms with Crippen LogP contribution >= 0.6 is 23.2 Å². The average Bonchev–Trinajstić information content (AvgIpc) is 2.77. The minimum Gasteiger partial charge on any atom is -0.493 e. The second-order valence-electron chi connectivity index (χ2n) is 7.24. The molecule has 3 aromatic rings. The van der Waals surface area contributed by atoms with Gasteiger partial charge in [0.1, 0.15) is 6.61 Å². The molecule has 3 nitrogen and oxygen atoms in total. The van der Waals surface area contributed by atoms with Crippen molar-refractivity contribution in [1.82, 2.24) is 5.32 Å². The van der Waals surface area contributed by atoms with Crippen LogP contribution in [0.5, 0.6) is 11.5 Å². The topological polar surface area (TPSA) is 30.5 Å². The number of ether oxygens (including phenoxy) is 2. The Balaban J connectivity index is 1.64. The second kappa shape index (κ2) is 11.3. The lowest BCUT2D eigenvalue weighted by Crippen LogP contribution is -2.26. The van der Waals surface area contributed by atoms with Gasteiger partial charge in [0, 0.05) is 33.8 Å². The van der Waals surface area contributed by atoms with E-state index in [9.17, 15) is 0 Å². The van der Waals surface area contributed by atoms with Gasteiger partial charge >= 0.3 is 0 Å². The Hall–Kier alpha value is -2.20. The highest BCUT2D eigenvalue weighted by atomic mass is 35.5. The number of hydrogen-bond donors (Lipinski definition) is 1. The van der Waals surface area contributed by atoms with Gasteiger partial charge in [0.2, 0.25) is 0 Å². The molecule has 0 saturated carbocycles. The number of halogens is 2. The number of benzene rings is 3. The molecular formula is C25H27Cl2NO2. The summed E-state index contributed by atoms with van der Waals surface area (Å²) in [6.45, 7) is 3.15. The normalized spacial score (nSPS) is 11.9. The van der Waals surface area contributed by atoms with Crippen LogP contribution in [0.2, 0.25) is 10.0 Å². The molecule has 0 saturated heterocycles. The third kappa shape index (κ3) is 6.15. The summed E-state index contributed by atoms with van der Waals surface area (Å²) in [5.74, 6) is 1.40. The Labute approximate surface area is 188 Å². The van der Waals surface area contributed by atoms with E-state index in [-0.39, 0.29) is 6.61 Å². The van der Waals surface area contributed by atoms with Gasteiger partial charge in [0.05, 0.1) is 7.11 Å². The summed E-state index contributed by atoms with van der Waals surface area (Å²) in [4.78, 5) is 0. The molecule has 0 heterocycles. The van der Waals surface area contributed by atoms with E-state index in [0.29, 0.717) is 34.1 Å². The number of para-hydroxylation sites is 1. The van der Waals surface area contributed by atoms with Crippen LogP contribution in [0.4, 0.5) is 0 Å². The maximum atomic E-state index is 6.29. The molecule has 158 valence electrons. The Morgan fingerprint density at radius 1 is 0.900 bits per heavy atom. The van der Waals surface area contributed by atoms with Crippen molar-refractivity contribution in [2.45, 2.75) is 39.0 Å². The number of hydrogen-bond acceptors (Lipinski definition) is 3. The molecule has 5 heteroatoms. The van der Waals surface area contributed by atoms with Crippen molar-refractivity contribution in [3.05, 3.63) is 93.5 Å². The SMILES string of the molecule is COc1cccc(CN[C@H](C)CCc2ccccc2)c1OCc1c(Cl)cccc1Cl. The summed E-state index contributed by atoms with van der Waals surface area (Å²) in [6.07, 6.45) is 2.10. The highest BCUT2D eigenvalue weighted by molar-refractivity contribution is 6.35. The van der Waals surface area contributed by atoms with Gasteiger partial charge in [-0.1, -0.05) is 71.7 Å². The zero-order valence-electron chi connectivity index (χ0n) is 17.3. The fourth-order valence-corrected chi connectivity index (χ4v) is 3.76. The van der Waals surface area contributed by atoms with Gasteiger partial charge in [-0.05, 0) is 43.5 Å². The van der Waals surface area contributed by atoms with Crippen LogP contribution in [0.15, 0.2) is 66.7 Å². The second-order valence-corrected chi connectivity index (χ2v) is 8.06. The summed E-state index contributed by atoms with van der Waals surface area (Å²) in [6, 6.07) is 22.3. The maximum Gasteiger partial charge on any atom is 0.166 e. The molecule has 0 unspecified atom stereocenters. The van der Waals surface area contributed by atoms with Crippen LogP contribution < -0.4 is 14.8 Å². The van der Waals surface area contributed by atoms with E-state index in [4.69, 9.17) is 32.7 Å². The molecule has 0 spiro atoms. The van der Waals surface area contributed by atoms with E-state index >= 15 is 0 Å². The zero-order chi connectivity index (χ0) is 21.3. The molecule has 0 bridgehead atoms. The van der Waals surface area contributed by atoms with Gasteiger partial charge < -0.3 is 14.8 Å². The summed E-state index contributed by atoms with van der Waals surface area (Å²) in [5, 5.41) is 4.77. The minimum absolute atomic E-state index is 0.273. The summed E-state index contributed by atoms with van der Waals surface area (Å²) < 4.78 is 11.7. The molecular weight excluding hydrogens is 417 g/mol. The highest BCUT2D eigenvalue weighted by Gasteiger charge is 2.14. The molecule has 0 fully saturated rings. The van der Waals surface area contributed by atoms with Gasteiger partial charge in [-0.15, -0.1) is 0 Å². The van der Waals surface area contributed by atoms with Crippen molar-refractivity contribution < 1.29 is 9.47 Å². The third-order valence-electron chi connectivity index (χ3n) is 5.05. The molecule has 0 aromatic heterocycles. The Morgan fingerprint density at radius 2 is 1.60 bits per heavy atom. The lowest BCUT2D eigenvalue weighted by Gasteiger charge is -2.19. The van der Waals surface area contributed by atoms with Gasteiger partial charge in [-0.25, -0.2) is 0 Å². The number of nitrogens with one attached hydrogen (secondary N) is 1. The standard InChI is InChI=1S/C25H27Cl2NO2/c1-18(14-15-19-8-4-3-5-9-19)28-16-20-10-6-13-24(29-2)25(20)30-17-21-22(26)11-7-12-23(21)27/h3-13,18,28H,14-17H2,1-2H3/t18-/m1/s1. The molecule has 0 aliphatic carbocycles. The quantitative estimate of drug-likeness (QED) is 0.378. The minimum atomic E-state index is 0.273. The molecule has 0 aliphatic heterocycles. The summed E-state index contributed by atoms with van der Waals surface area (Å²) in [5.41, 5.74) is 3.15. The van der Waals surface area contributed by atoms with E-state index in [0.717, 1.165) is 24.0 Å². The molecule has 1 N–H and O–H groups in total. The summed E-state index contributed by atoms with van der Waals surface area (Å²) in [7, 11) is 1.64. The Bertz CT molecular complexity index is 927. The fraction of sp³-hybridized carbons (Fsp3) is 0.280. The van der Waals surface area contributed by atoms with Crippen molar-refractivity contribution in [2.24, 2.45) is 0 Å². The van der Waals surface area contributed by atoms with Gasteiger partial charge in [-0.2, -0.15) is 0 Å². The van der Waals surface area contributed by atoms with E-state index in [1.807, 2.05) is 42.5 Å². The fourth-order valence-electron chi connectivity index (χ4n) is 3.25.